The number of aromatic nitrogens is 4. The normalized spacial score (nSPS) is 17.1. The quantitative estimate of drug-likeness (QED) is 0.469. The summed E-state index contributed by atoms with van der Waals surface area (Å²) in [5, 5.41) is 12.1. The summed E-state index contributed by atoms with van der Waals surface area (Å²) in [5.74, 6) is 0.193. The number of carbonyl (C=O) groups is 1. The monoisotopic (exact) mass is 458 g/mol. The number of fused-ring (bicyclic) bond motifs is 1. The van der Waals surface area contributed by atoms with Gasteiger partial charge in [-0.1, -0.05) is 35.6 Å². The molecule has 3 aromatic heterocycles. The van der Waals surface area contributed by atoms with Crippen LogP contribution in [-0.4, -0.2) is 51.2 Å². The first-order valence-electron chi connectivity index (χ1n) is 10.5. The summed E-state index contributed by atoms with van der Waals surface area (Å²) in [4.78, 5) is 23.2. The van der Waals surface area contributed by atoms with Gasteiger partial charge in [-0.05, 0) is 43.4 Å². The van der Waals surface area contributed by atoms with Crippen LogP contribution in [0, 0.1) is 0 Å². The second-order valence-electron chi connectivity index (χ2n) is 7.96. The first-order valence-corrected chi connectivity index (χ1v) is 11.3. The van der Waals surface area contributed by atoms with E-state index < -0.39 is 0 Å². The number of benzene rings is 1. The fourth-order valence-corrected chi connectivity index (χ4v) is 4.79. The molecule has 1 aliphatic carbocycles. The van der Waals surface area contributed by atoms with Crippen molar-refractivity contribution in [3.8, 4) is 16.5 Å². The largest absolute Gasteiger partial charge is 0.472 e. The number of hydrogen-bond acceptors (Lipinski definition) is 8. The van der Waals surface area contributed by atoms with Crippen LogP contribution in [0.4, 0.5) is 5.13 Å². The van der Waals surface area contributed by atoms with E-state index in [2.05, 4.69) is 68.7 Å². The number of ether oxygens (including phenoxy) is 1. The minimum atomic E-state index is -0.300. The third kappa shape index (κ3) is 4.46. The first kappa shape index (κ1) is 21.2. The Morgan fingerprint density at radius 1 is 1.09 bits per heavy atom. The predicted octanol–water partition coefficient (Wildman–Crippen LogP) is 3.85. The highest BCUT2D eigenvalue weighted by atomic mass is 32.1. The highest BCUT2D eigenvalue weighted by molar-refractivity contribution is 7.18. The number of amides is 1. The molecule has 166 valence electrons. The zero-order valence-electron chi connectivity index (χ0n) is 18.2. The van der Waals surface area contributed by atoms with Crippen molar-refractivity contribution in [2.45, 2.75) is 18.6 Å². The summed E-state index contributed by atoms with van der Waals surface area (Å²) in [6, 6.07) is 15.7. The summed E-state index contributed by atoms with van der Waals surface area (Å²) < 4.78 is 6.23. The molecule has 1 aliphatic rings. The van der Waals surface area contributed by atoms with Gasteiger partial charge in [0.25, 0.3) is 5.91 Å². The van der Waals surface area contributed by atoms with Gasteiger partial charge in [-0.3, -0.25) is 20.0 Å². The molecule has 1 amide bonds. The van der Waals surface area contributed by atoms with Crippen LogP contribution in [-0.2, 0) is 6.42 Å². The molecule has 0 saturated heterocycles. The molecular weight excluding hydrogens is 436 g/mol. The second-order valence-corrected chi connectivity index (χ2v) is 8.93. The third-order valence-electron chi connectivity index (χ3n) is 5.55. The number of nitrogens with one attached hydrogen (secondary N) is 1. The van der Waals surface area contributed by atoms with Crippen LogP contribution in [0.5, 0.6) is 5.88 Å². The van der Waals surface area contributed by atoms with Crippen LogP contribution in [0.15, 0.2) is 67.1 Å². The molecule has 0 aliphatic heterocycles. The Morgan fingerprint density at radius 2 is 1.91 bits per heavy atom. The van der Waals surface area contributed by atoms with Crippen LogP contribution in [0.3, 0.4) is 0 Å². The van der Waals surface area contributed by atoms with E-state index in [1.165, 1.54) is 28.7 Å². The summed E-state index contributed by atoms with van der Waals surface area (Å²) >= 11 is 1.30. The lowest BCUT2D eigenvalue weighted by Gasteiger charge is -2.27. The Kier molecular flexibility index (Phi) is 5.80. The van der Waals surface area contributed by atoms with Gasteiger partial charge in [0.2, 0.25) is 11.0 Å². The minimum absolute atomic E-state index is 0.0439. The zero-order chi connectivity index (χ0) is 22.8. The molecule has 3 heterocycles. The number of anilines is 1. The van der Waals surface area contributed by atoms with Crippen molar-refractivity contribution >= 4 is 22.4 Å². The molecule has 1 N–H and O–H groups in total. The van der Waals surface area contributed by atoms with Crippen LogP contribution >= 0.6 is 11.3 Å². The van der Waals surface area contributed by atoms with E-state index in [0.29, 0.717) is 21.6 Å². The van der Waals surface area contributed by atoms with Gasteiger partial charge in [-0.15, -0.1) is 10.2 Å². The summed E-state index contributed by atoms with van der Waals surface area (Å²) in [5.41, 5.74) is 3.89. The van der Waals surface area contributed by atoms with E-state index in [0.717, 1.165) is 12.0 Å². The molecule has 5 rings (SSSR count). The van der Waals surface area contributed by atoms with Gasteiger partial charge in [-0.2, -0.15) is 0 Å². The lowest BCUT2D eigenvalue weighted by molar-refractivity contribution is 0.102. The van der Waals surface area contributed by atoms with Crippen molar-refractivity contribution in [3.05, 3.63) is 83.8 Å². The van der Waals surface area contributed by atoms with Crippen LogP contribution in [0.2, 0.25) is 0 Å². The van der Waals surface area contributed by atoms with Gasteiger partial charge in [0, 0.05) is 36.6 Å². The van der Waals surface area contributed by atoms with E-state index in [-0.39, 0.29) is 18.1 Å². The van der Waals surface area contributed by atoms with Crippen molar-refractivity contribution in [2.24, 2.45) is 0 Å². The van der Waals surface area contributed by atoms with Gasteiger partial charge in [-0.25, -0.2) is 4.98 Å². The van der Waals surface area contributed by atoms with Gasteiger partial charge < -0.3 is 4.74 Å². The van der Waals surface area contributed by atoms with E-state index in [1.54, 1.807) is 24.5 Å². The molecule has 0 fully saturated rings. The van der Waals surface area contributed by atoms with Gasteiger partial charge in [0.15, 0.2) is 0 Å². The molecule has 0 saturated carbocycles. The average Bonchev–Trinajstić information content (AvgIpc) is 3.44. The van der Waals surface area contributed by atoms with Crippen LogP contribution in [0.1, 0.15) is 27.5 Å². The second kappa shape index (κ2) is 9.05. The van der Waals surface area contributed by atoms with Gasteiger partial charge >= 0.3 is 0 Å². The number of carbonyl (C=O) groups excluding carboxylic acids is 1. The van der Waals surface area contributed by atoms with E-state index in [1.807, 2.05) is 12.1 Å². The molecule has 2 atom stereocenters. The van der Waals surface area contributed by atoms with Crippen LogP contribution in [0.25, 0.3) is 10.6 Å². The maximum atomic E-state index is 12.6. The summed E-state index contributed by atoms with van der Waals surface area (Å²) in [6.07, 6.45) is 5.67. The molecule has 9 heteroatoms. The van der Waals surface area contributed by atoms with Crippen molar-refractivity contribution in [1.29, 1.82) is 0 Å². The molecule has 33 heavy (non-hydrogen) atoms. The maximum absolute atomic E-state index is 12.6. The van der Waals surface area contributed by atoms with E-state index in [9.17, 15) is 4.79 Å². The molecule has 0 spiro atoms. The smallest absolute Gasteiger partial charge is 0.259 e. The third-order valence-corrected chi connectivity index (χ3v) is 6.43. The number of rotatable bonds is 6. The molecular formula is C24H22N6O2S. The molecule has 1 aromatic carbocycles. The summed E-state index contributed by atoms with van der Waals surface area (Å²) in [7, 11) is 4.11. The highest BCUT2D eigenvalue weighted by Gasteiger charge is 2.35. The lowest BCUT2D eigenvalue weighted by Crippen LogP contribution is -2.32. The Morgan fingerprint density at radius 3 is 2.67 bits per heavy atom. The maximum Gasteiger partial charge on any atom is 0.259 e. The molecule has 4 aromatic rings. The number of nitrogens with zero attached hydrogens (tertiary/aromatic N) is 5. The molecule has 0 radical (unpaired) electrons. The Labute approximate surface area is 195 Å². The molecule has 2 unspecified atom stereocenters. The fourth-order valence-electron chi connectivity index (χ4n) is 4.05. The highest BCUT2D eigenvalue weighted by Crippen LogP contribution is 2.36. The number of pyridine rings is 2. The van der Waals surface area contributed by atoms with Crippen molar-refractivity contribution in [2.75, 3.05) is 19.4 Å². The van der Waals surface area contributed by atoms with Crippen LogP contribution < -0.4 is 10.1 Å². The SMILES string of the molecule is CN(C)C1c2ccccc2CC1Oc1ccc(C(=O)Nc2nnc(-c3ccncc3)s2)cn1. The number of likely N-dealkylation sites (N-methyl/N-ethyl adjacent to an activating group) is 1. The predicted molar refractivity (Wildman–Crippen MR) is 126 cm³/mol. The van der Waals surface area contributed by atoms with Crippen molar-refractivity contribution in [3.63, 3.8) is 0 Å². The topological polar surface area (TPSA) is 93.1 Å². The molecule has 0 bridgehead atoms. The Balaban J connectivity index is 1.25. The Hall–Kier alpha value is -3.69. The molecule has 8 nitrogen and oxygen atoms in total. The van der Waals surface area contributed by atoms with Crippen molar-refractivity contribution in [1.82, 2.24) is 25.1 Å². The summed E-state index contributed by atoms with van der Waals surface area (Å²) in [6.45, 7) is 0. The Bertz CT molecular complexity index is 1260. The minimum Gasteiger partial charge on any atom is -0.472 e. The first-order chi connectivity index (χ1) is 16.1. The van der Waals surface area contributed by atoms with E-state index in [4.69, 9.17) is 4.74 Å². The van der Waals surface area contributed by atoms with Gasteiger partial charge in [0.1, 0.15) is 11.1 Å². The average molecular weight is 459 g/mol. The standard InChI is InChI=1S/C24H22N6O2S/c1-30(2)21-18-6-4-3-5-16(18)13-19(21)32-20-8-7-17(14-26-20)22(31)27-24-29-28-23(33-24)15-9-11-25-12-10-15/h3-12,14,19,21H,13H2,1-2H3,(H,27,29,31). The van der Waals surface area contributed by atoms with E-state index >= 15 is 0 Å². The fraction of sp³-hybridized carbons (Fsp3) is 0.208. The van der Waals surface area contributed by atoms with Crippen molar-refractivity contribution < 1.29 is 9.53 Å². The lowest BCUT2D eigenvalue weighted by atomic mass is 10.1. The van der Waals surface area contributed by atoms with Gasteiger partial charge in [0.05, 0.1) is 11.6 Å². The number of hydrogen-bond donors (Lipinski definition) is 1. The zero-order valence-corrected chi connectivity index (χ0v) is 19.0.